The molecule has 0 fully saturated rings. The average molecular weight is 290 g/mol. The summed E-state index contributed by atoms with van der Waals surface area (Å²) in [6, 6.07) is 0.230. The minimum atomic E-state index is 0.230. The van der Waals surface area contributed by atoms with Gasteiger partial charge in [0, 0.05) is 18.6 Å². The van der Waals surface area contributed by atoms with E-state index in [0.717, 1.165) is 12.8 Å². The first-order valence-electron chi connectivity index (χ1n) is 6.69. The molecule has 0 N–H and O–H groups in total. The van der Waals surface area contributed by atoms with Gasteiger partial charge in [0.15, 0.2) is 0 Å². The van der Waals surface area contributed by atoms with Crippen LogP contribution >= 0.6 is 0 Å². The summed E-state index contributed by atoms with van der Waals surface area (Å²) in [7, 11) is 3.02. The number of unbranched alkanes of at least 4 members (excludes halogenated alkanes) is 1. The highest BCUT2D eigenvalue weighted by Crippen LogP contribution is 2.32. The third-order valence-corrected chi connectivity index (χ3v) is 2.76. The molecule has 0 spiro atoms. The summed E-state index contributed by atoms with van der Waals surface area (Å²) >= 11 is 0. The maximum Gasteiger partial charge on any atom is 0.319 e. The lowest BCUT2D eigenvalue weighted by Crippen LogP contribution is -2.03. The van der Waals surface area contributed by atoms with Gasteiger partial charge in [-0.05, 0) is 6.42 Å². The van der Waals surface area contributed by atoms with Gasteiger partial charge in [-0.3, -0.25) is 0 Å². The summed E-state index contributed by atoms with van der Waals surface area (Å²) in [5, 5.41) is 0. The van der Waals surface area contributed by atoms with E-state index in [-0.39, 0.29) is 6.01 Å². The van der Waals surface area contributed by atoms with E-state index in [4.69, 9.17) is 14.2 Å². The zero-order chi connectivity index (χ0) is 15.1. The molecule has 0 radical (unpaired) electrons. The summed E-state index contributed by atoms with van der Waals surface area (Å²) in [6.07, 6.45) is 6.76. The van der Waals surface area contributed by atoms with Gasteiger partial charge in [0.25, 0.3) is 0 Å². The maximum absolute atomic E-state index is 5.67. The molecule has 0 atom stereocenters. The van der Waals surface area contributed by atoms with Crippen LogP contribution in [0.25, 0.3) is 11.3 Å². The van der Waals surface area contributed by atoms with Crippen LogP contribution in [0.4, 0.5) is 0 Å². The van der Waals surface area contributed by atoms with Crippen LogP contribution in [0.15, 0.2) is 18.6 Å². The molecule has 2 heterocycles. The van der Waals surface area contributed by atoms with Crippen LogP contribution in [0.1, 0.15) is 19.8 Å². The Balaban J connectivity index is 2.37. The molecule has 0 saturated heterocycles. The van der Waals surface area contributed by atoms with Crippen LogP contribution in [-0.2, 0) is 0 Å². The van der Waals surface area contributed by atoms with Gasteiger partial charge in [0.1, 0.15) is 5.69 Å². The number of hydrogen-bond acceptors (Lipinski definition) is 7. The lowest BCUT2D eigenvalue weighted by atomic mass is 10.2. The molecule has 7 heteroatoms. The van der Waals surface area contributed by atoms with Crippen LogP contribution in [0, 0.1) is 0 Å². The van der Waals surface area contributed by atoms with E-state index in [0.29, 0.717) is 29.6 Å². The van der Waals surface area contributed by atoms with E-state index in [1.54, 1.807) is 18.6 Å². The van der Waals surface area contributed by atoms with Crippen LogP contribution in [-0.4, -0.2) is 40.8 Å². The molecule has 0 amide bonds. The van der Waals surface area contributed by atoms with Crippen LogP contribution in [0.3, 0.4) is 0 Å². The number of ether oxygens (including phenoxy) is 3. The zero-order valence-electron chi connectivity index (χ0n) is 12.4. The fourth-order valence-corrected chi connectivity index (χ4v) is 1.70. The second kappa shape index (κ2) is 7.37. The number of methoxy groups -OCH3 is 2. The van der Waals surface area contributed by atoms with Crippen molar-refractivity contribution in [2.45, 2.75) is 19.8 Å². The summed E-state index contributed by atoms with van der Waals surface area (Å²) < 4.78 is 15.9. The van der Waals surface area contributed by atoms with Crippen LogP contribution in [0.5, 0.6) is 17.8 Å². The highest BCUT2D eigenvalue weighted by molar-refractivity contribution is 5.68. The minimum absolute atomic E-state index is 0.230. The topological polar surface area (TPSA) is 79.3 Å². The molecule has 2 rings (SSSR count). The molecule has 21 heavy (non-hydrogen) atoms. The normalized spacial score (nSPS) is 10.2. The SMILES string of the molecule is CCCCOc1nccnc1-c1cnc(OC)nc1OC. The summed E-state index contributed by atoms with van der Waals surface area (Å²) in [5.41, 5.74) is 1.16. The molecule has 7 nitrogen and oxygen atoms in total. The highest BCUT2D eigenvalue weighted by atomic mass is 16.5. The fraction of sp³-hybridized carbons (Fsp3) is 0.429. The predicted molar refractivity (Wildman–Crippen MR) is 76.6 cm³/mol. The van der Waals surface area contributed by atoms with Gasteiger partial charge >= 0.3 is 6.01 Å². The Morgan fingerprint density at radius 2 is 1.81 bits per heavy atom. The summed E-state index contributed by atoms with van der Waals surface area (Å²) in [5.74, 6) is 0.806. The van der Waals surface area contributed by atoms with E-state index < -0.39 is 0 Å². The standard InChI is InChI=1S/C14H18N4O3/c1-4-5-8-21-13-11(15-6-7-16-13)10-9-17-14(20-3)18-12(10)19-2/h6-7,9H,4-5,8H2,1-3H3. The van der Waals surface area contributed by atoms with Gasteiger partial charge in [-0.1, -0.05) is 13.3 Å². The largest absolute Gasteiger partial charge is 0.480 e. The van der Waals surface area contributed by atoms with Crippen molar-refractivity contribution in [3.63, 3.8) is 0 Å². The van der Waals surface area contributed by atoms with Gasteiger partial charge in [-0.15, -0.1) is 0 Å². The van der Waals surface area contributed by atoms with Crippen molar-refractivity contribution in [3.05, 3.63) is 18.6 Å². The Morgan fingerprint density at radius 3 is 2.52 bits per heavy atom. The van der Waals surface area contributed by atoms with Crippen molar-refractivity contribution in [3.8, 4) is 29.0 Å². The van der Waals surface area contributed by atoms with Crippen molar-refractivity contribution >= 4 is 0 Å². The monoisotopic (exact) mass is 290 g/mol. The van der Waals surface area contributed by atoms with Crippen molar-refractivity contribution in [1.82, 2.24) is 19.9 Å². The van der Waals surface area contributed by atoms with Crippen LogP contribution in [0.2, 0.25) is 0 Å². The van der Waals surface area contributed by atoms with Gasteiger partial charge in [0.2, 0.25) is 11.8 Å². The maximum atomic E-state index is 5.67. The van der Waals surface area contributed by atoms with Crippen molar-refractivity contribution in [1.29, 1.82) is 0 Å². The molecular formula is C14H18N4O3. The Kier molecular flexibility index (Phi) is 5.25. The Morgan fingerprint density at radius 1 is 1.00 bits per heavy atom. The lowest BCUT2D eigenvalue weighted by molar-refractivity contribution is 0.297. The molecule has 0 aliphatic heterocycles. The van der Waals surface area contributed by atoms with E-state index in [9.17, 15) is 0 Å². The van der Waals surface area contributed by atoms with E-state index >= 15 is 0 Å². The fourth-order valence-electron chi connectivity index (χ4n) is 1.70. The summed E-state index contributed by atoms with van der Waals surface area (Å²) in [6.45, 7) is 2.68. The van der Waals surface area contributed by atoms with Gasteiger partial charge in [-0.25, -0.2) is 15.0 Å². The number of hydrogen-bond donors (Lipinski definition) is 0. The Bertz CT molecular complexity index is 592. The van der Waals surface area contributed by atoms with Gasteiger partial charge in [0.05, 0.1) is 26.4 Å². The van der Waals surface area contributed by atoms with Crippen molar-refractivity contribution < 1.29 is 14.2 Å². The van der Waals surface area contributed by atoms with E-state index in [2.05, 4.69) is 26.9 Å². The molecule has 2 aromatic heterocycles. The highest BCUT2D eigenvalue weighted by Gasteiger charge is 2.17. The molecular weight excluding hydrogens is 272 g/mol. The number of aromatic nitrogens is 4. The first kappa shape index (κ1) is 15.0. The molecule has 0 bridgehead atoms. The predicted octanol–water partition coefficient (Wildman–Crippen LogP) is 2.13. The van der Waals surface area contributed by atoms with Crippen LogP contribution < -0.4 is 14.2 Å². The first-order valence-corrected chi connectivity index (χ1v) is 6.69. The molecule has 0 aliphatic rings. The molecule has 0 aliphatic carbocycles. The van der Waals surface area contributed by atoms with Crippen molar-refractivity contribution in [2.75, 3.05) is 20.8 Å². The molecule has 0 saturated carbocycles. The molecule has 0 unspecified atom stereocenters. The molecule has 2 aromatic rings. The third kappa shape index (κ3) is 3.56. The lowest BCUT2D eigenvalue weighted by Gasteiger charge is -2.11. The number of nitrogens with zero attached hydrogens (tertiary/aromatic N) is 4. The van der Waals surface area contributed by atoms with Gasteiger partial charge in [-0.2, -0.15) is 4.98 Å². The van der Waals surface area contributed by atoms with Crippen molar-refractivity contribution in [2.24, 2.45) is 0 Å². The minimum Gasteiger partial charge on any atom is -0.480 e. The average Bonchev–Trinajstić information content (AvgIpc) is 2.55. The third-order valence-electron chi connectivity index (χ3n) is 2.76. The molecule has 112 valence electrons. The second-order valence-corrected chi connectivity index (χ2v) is 4.19. The van der Waals surface area contributed by atoms with Gasteiger partial charge < -0.3 is 14.2 Å². The second-order valence-electron chi connectivity index (χ2n) is 4.19. The number of rotatable bonds is 7. The Hall–Kier alpha value is -2.44. The zero-order valence-corrected chi connectivity index (χ0v) is 12.4. The van der Waals surface area contributed by atoms with E-state index in [1.165, 1.54) is 14.2 Å². The van der Waals surface area contributed by atoms with E-state index in [1.807, 2.05) is 0 Å². The summed E-state index contributed by atoms with van der Waals surface area (Å²) in [4.78, 5) is 16.7. The quantitative estimate of drug-likeness (QED) is 0.723. The smallest absolute Gasteiger partial charge is 0.319 e. The first-order chi connectivity index (χ1) is 10.3. The Labute approximate surface area is 123 Å². The molecule has 0 aromatic carbocycles.